The fraction of sp³-hybridized carbons (Fsp3) is 0.562. The highest BCUT2D eigenvalue weighted by Crippen LogP contribution is 2.25. The Hall–Kier alpha value is -1.44. The molecule has 0 spiro atoms. The maximum absolute atomic E-state index is 12.8. The van der Waals surface area contributed by atoms with Crippen molar-refractivity contribution in [2.45, 2.75) is 49.6 Å². The van der Waals surface area contributed by atoms with Crippen LogP contribution in [0.5, 0.6) is 0 Å². The fourth-order valence-corrected chi connectivity index (χ4v) is 4.74. The fourth-order valence-electron chi connectivity index (χ4n) is 3.24. The zero-order valence-corrected chi connectivity index (χ0v) is 14.1. The van der Waals surface area contributed by atoms with Crippen molar-refractivity contribution in [2.75, 3.05) is 18.4 Å². The predicted octanol–water partition coefficient (Wildman–Crippen LogP) is 1.55. The van der Waals surface area contributed by atoms with Gasteiger partial charge in [0, 0.05) is 37.3 Å². The first kappa shape index (κ1) is 16.4. The minimum Gasteiger partial charge on any atom is -0.326 e. The van der Waals surface area contributed by atoms with Crippen molar-refractivity contribution in [3.05, 3.63) is 24.3 Å². The number of benzene rings is 1. The summed E-state index contributed by atoms with van der Waals surface area (Å²) in [5.74, 6) is -0.0878. The molecule has 2 aliphatic rings. The van der Waals surface area contributed by atoms with Crippen LogP contribution in [0, 0.1) is 0 Å². The van der Waals surface area contributed by atoms with Crippen LogP contribution in [-0.4, -0.2) is 43.8 Å². The Kier molecular flexibility index (Phi) is 4.70. The summed E-state index contributed by atoms with van der Waals surface area (Å²) >= 11 is 0. The van der Waals surface area contributed by atoms with Crippen LogP contribution in [0.15, 0.2) is 29.2 Å². The van der Waals surface area contributed by atoms with Crippen LogP contribution in [0.2, 0.25) is 0 Å². The number of sulfonamides is 1. The molecular formula is C16H23N3O3S. The number of nitrogens with zero attached hydrogens (tertiary/aromatic N) is 1. The minimum atomic E-state index is -3.48. The van der Waals surface area contributed by atoms with Gasteiger partial charge in [0.15, 0.2) is 0 Å². The van der Waals surface area contributed by atoms with E-state index in [1.807, 2.05) is 0 Å². The molecule has 1 aromatic carbocycles. The van der Waals surface area contributed by atoms with Gasteiger partial charge in [-0.3, -0.25) is 4.79 Å². The Morgan fingerprint density at radius 2 is 1.91 bits per heavy atom. The van der Waals surface area contributed by atoms with Crippen LogP contribution in [-0.2, 0) is 14.8 Å². The second-order valence-corrected chi connectivity index (χ2v) is 8.15. The van der Waals surface area contributed by atoms with Crippen LogP contribution in [0.25, 0.3) is 0 Å². The van der Waals surface area contributed by atoms with Crippen LogP contribution < -0.4 is 10.6 Å². The van der Waals surface area contributed by atoms with Crippen molar-refractivity contribution < 1.29 is 13.2 Å². The normalized spacial score (nSPS) is 25.1. The van der Waals surface area contributed by atoms with Crippen molar-refractivity contribution in [3.63, 3.8) is 0 Å². The Morgan fingerprint density at radius 3 is 2.61 bits per heavy atom. The summed E-state index contributed by atoms with van der Waals surface area (Å²) in [6.07, 6.45) is 3.44. The van der Waals surface area contributed by atoms with E-state index >= 15 is 0 Å². The Morgan fingerprint density at radius 1 is 1.22 bits per heavy atom. The summed E-state index contributed by atoms with van der Waals surface area (Å²) in [6.45, 7) is 2.87. The molecule has 2 atom stereocenters. The van der Waals surface area contributed by atoms with E-state index in [0.717, 1.165) is 19.3 Å². The second kappa shape index (κ2) is 6.59. The Balaban J connectivity index is 1.75. The van der Waals surface area contributed by atoms with E-state index in [1.54, 1.807) is 35.5 Å². The molecule has 2 N–H and O–H groups in total. The highest BCUT2D eigenvalue weighted by atomic mass is 32.2. The molecule has 0 radical (unpaired) electrons. The molecule has 7 heteroatoms. The number of rotatable bonds is 4. The molecule has 3 rings (SSSR count). The summed E-state index contributed by atoms with van der Waals surface area (Å²) in [5, 5.41) is 6.21. The molecular weight excluding hydrogens is 314 g/mol. The topological polar surface area (TPSA) is 78.5 Å². The van der Waals surface area contributed by atoms with E-state index in [4.69, 9.17) is 0 Å². The number of hydrogen-bond acceptors (Lipinski definition) is 4. The van der Waals surface area contributed by atoms with Gasteiger partial charge in [0.05, 0.1) is 4.90 Å². The summed E-state index contributed by atoms with van der Waals surface area (Å²) in [7, 11) is -3.48. The number of fused-ring (bicyclic) bond motifs is 2. The van der Waals surface area contributed by atoms with Crippen LogP contribution in [0.3, 0.4) is 0 Å². The molecule has 2 bridgehead atoms. The average Bonchev–Trinajstić information content (AvgIpc) is 2.86. The van der Waals surface area contributed by atoms with Crippen LogP contribution in [0.1, 0.15) is 32.6 Å². The van der Waals surface area contributed by atoms with E-state index in [0.29, 0.717) is 31.2 Å². The molecule has 2 fully saturated rings. The highest BCUT2D eigenvalue weighted by molar-refractivity contribution is 7.89. The number of nitrogens with one attached hydrogen (secondary N) is 2. The van der Waals surface area contributed by atoms with E-state index < -0.39 is 10.0 Å². The molecule has 0 saturated carbocycles. The lowest BCUT2D eigenvalue weighted by Gasteiger charge is -2.23. The molecule has 2 unspecified atom stereocenters. The van der Waals surface area contributed by atoms with Crippen molar-refractivity contribution in [1.29, 1.82) is 0 Å². The lowest BCUT2D eigenvalue weighted by Crippen LogP contribution is -2.39. The van der Waals surface area contributed by atoms with Gasteiger partial charge in [0.1, 0.15) is 0 Å². The van der Waals surface area contributed by atoms with Gasteiger partial charge in [-0.15, -0.1) is 0 Å². The third-order valence-electron chi connectivity index (χ3n) is 4.58. The zero-order chi connectivity index (χ0) is 16.4. The zero-order valence-electron chi connectivity index (χ0n) is 13.3. The molecule has 2 aliphatic heterocycles. The quantitative estimate of drug-likeness (QED) is 0.874. The van der Waals surface area contributed by atoms with E-state index in [1.165, 1.54) is 0 Å². The minimum absolute atomic E-state index is 0.0878. The van der Waals surface area contributed by atoms with Gasteiger partial charge < -0.3 is 10.6 Å². The first-order chi connectivity index (χ1) is 11.0. The molecule has 2 heterocycles. The molecule has 126 valence electrons. The predicted molar refractivity (Wildman–Crippen MR) is 88.7 cm³/mol. The number of anilines is 1. The third kappa shape index (κ3) is 3.57. The van der Waals surface area contributed by atoms with Gasteiger partial charge in [-0.25, -0.2) is 8.42 Å². The molecule has 23 heavy (non-hydrogen) atoms. The first-order valence-electron chi connectivity index (χ1n) is 8.15. The van der Waals surface area contributed by atoms with Gasteiger partial charge >= 0.3 is 0 Å². The van der Waals surface area contributed by atoms with Crippen molar-refractivity contribution in [1.82, 2.24) is 9.62 Å². The van der Waals surface area contributed by atoms with Crippen LogP contribution in [0.4, 0.5) is 5.69 Å². The van der Waals surface area contributed by atoms with E-state index in [2.05, 4.69) is 10.6 Å². The van der Waals surface area contributed by atoms with Crippen LogP contribution >= 0.6 is 0 Å². The Labute approximate surface area is 137 Å². The molecule has 1 aromatic rings. The van der Waals surface area contributed by atoms with Gasteiger partial charge in [-0.2, -0.15) is 4.31 Å². The lowest BCUT2D eigenvalue weighted by atomic mass is 10.1. The largest absolute Gasteiger partial charge is 0.326 e. The monoisotopic (exact) mass is 337 g/mol. The van der Waals surface area contributed by atoms with Gasteiger partial charge in [-0.1, -0.05) is 6.92 Å². The standard InChI is InChI=1S/C16H23N3O3S/c1-2-16(20)18-12-5-7-15(8-6-12)23(21,22)19-10-9-13-3-4-14(11-19)17-13/h5-8,13-14,17H,2-4,9-11H2,1H3,(H,18,20). The summed E-state index contributed by atoms with van der Waals surface area (Å²) < 4.78 is 27.2. The second-order valence-electron chi connectivity index (χ2n) is 6.22. The summed E-state index contributed by atoms with van der Waals surface area (Å²) in [4.78, 5) is 11.7. The molecule has 0 aromatic heterocycles. The number of hydrogen-bond donors (Lipinski definition) is 2. The molecule has 0 aliphatic carbocycles. The maximum atomic E-state index is 12.8. The number of amides is 1. The van der Waals surface area contributed by atoms with E-state index in [-0.39, 0.29) is 16.8 Å². The average molecular weight is 337 g/mol. The van der Waals surface area contributed by atoms with Gasteiger partial charge in [0.25, 0.3) is 0 Å². The smallest absolute Gasteiger partial charge is 0.243 e. The Bertz CT molecular complexity index is 672. The summed E-state index contributed by atoms with van der Waals surface area (Å²) in [6, 6.07) is 7.13. The SMILES string of the molecule is CCC(=O)Nc1ccc(S(=O)(=O)N2CCC3CCC(C2)N3)cc1. The third-order valence-corrected chi connectivity index (χ3v) is 6.46. The summed E-state index contributed by atoms with van der Waals surface area (Å²) in [5.41, 5.74) is 0.618. The molecule has 6 nitrogen and oxygen atoms in total. The van der Waals surface area contributed by atoms with Crippen molar-refractivity contribution >= 4 is 21.6 Å². The van der Waals surface area contributed by atoms with Crippen molar-refractivity contribution in [2.24, 2.45) is 0 Å². The molecule has 1 amide bonds. The molecule has 2 saturated heterocycles. The first-order valence-corrected chi connectivity index (χ1v) is 9.59. The number of carbonyl (C=O) groups excluding carboxylic acids is 1. The van der Waals surface area contributed by atoms with Gasteiger partial charge in [-0.05, 0) is 43.5 Å². The van der Waals surface area contributed by atoms with Gasteiger partial charge in [0.2, 0.25) is 15.9 Å². The van der Waals surface area contributed by atoms with E-state index in [9.17, 15) is 13.2 Å². The lowest BCUT2D eigenvalue weighted by molar-refractivity contribution is -0.115. The maximum Gasteiger partial charge on any atom is 0.243 e. The highest BCUT2D eigenvalue weighted by Gasteiger charge is 2.34. The van der Waals surface area contributed by atoms with Crippen molar-refractivity contribution in [3.8, 4) is 0 Å². The number of carbonyl (C=O) groups is 1.